The van der Waals surface area contributed by atoms with E-state index in [-0.39, 0.29) is 167 Å². The molecule has 0 spiro atoms. The van der Waals surface area contributed by atoms with E-state index >= 15 is 0 Å². The van der Waals surface area contributed by atoms with Crippen LogP contribution >= 0.6 is 0 Å². The predicted molar refractivity (Wildman–Crippen MR) is 492 cm³/mol. The Kier molecular flexibility index (Phi) is 62.8. The van der Waals surface area contributed by atoms with Gasteiger partial charge in [0.25, 0.3) is 0 Å². The van der Waals surface area contributed by atoms with Crippen molar-refractivity contribution in [3.63, 3.8) is 0 Å². The zero-order chi connectivity index (χ0) is 104. The van der Waals surface area contributed by atoms with Crippen molar-refractivity contribution in [2.24, 2.45) is 5.92 Å². The number of amides is 10. The third-order valence-corrected chi connectivity index (χ3v) is 21.3. The fraction of sp³-hybridized carbons (Fsp3) is 0.796. The van der Waals surface area contributed by atoms with E-state index in [9.17, 15) is 91.1 Å². The SMILES string of the molecule is CC(=O)NC1C(OC(C)=O)[C@@H](OC(C)=O)C(COC(C)=O)O[C@H]1OCCCCC(=O)NCCCNC(=O)CCOCC(COCCC(=O)NCCCNC(=O)CCCCO[C@@H]1OC(COC(C)=O)[C@H](OC(C)=O)C(OC(C)=O)C1NC(C)=O)(COCCC(=O)NCCCNC(=O)CCCCO[C@@H]1OC(COC(C)=O)[C@H](OC(C)=O)C(OC(C)=O)[C@@H]1NC(C)=O)NC(=O)CCCCCCCCCCC(C)C. The summed E-state index contributed by atoms with van der Waals surface area (Å²) in [5.41, 5.74) is -1.44. The monoisotopic (exact) mass is 2000 g/mol. The molecule has 0 aromatic heterocycles. The Morgan fingerprint density at radius 2 is 0.500 bits per heavy atom. The number of rotatable bonds is 72. The molecule has 0 bridgehead atoms. The van der Waals surface area contributed by atoms with Gasteiger partial charge in [0.15, 0.2) is 55.5 Å². The molecule has 8 unspecified atom stereocenters. The van der Waals surface area contributed by atoms with Crippen molar-refractivity contribution in [2.45, 2.75) is 355 Å². The van der Waals surface area contributed by atoms with Gasteiger partial charge in [-0.2, -0.15) is 0 Å². The van der Waals surface area contributed by atoms with E-state index in [1.54, 1.807) is 0 Å². The second-order valence-corrected chi connectivity index (χ2v) is 34.8. The first kappa shape index (κ1) is 124. The predicted octanol–water partition coefficient (Wildman–Crippen LogP) is 2.01. The summed E-state index contributed by atoms with van der Waals surface area (Å²) in [5, 5.41) is 27.8. The van der Waals surface area contributed by atoms with E-state index in [0.717, 1.165) is 101 Å². The van der Waals surface area contributed by atoms with E-state index in [4.69, 9.17) is 85.3 Å². The number of ether oxygens (including phenoxy) is 18. The van der Waals surface area contributed by atoms with Gasteiger partial charge in [-0.1, -0.05) is 65.2 Å². The van der Waals surface area contributed by atoms with E-state index < -0.39 is 206 Å². The average Bonchev–Trinajstić information content (AvgIpc) is 0.796. The quantitative estimate of drug-likeness (QED) is 0.0236. The molecule has 0 aromatic carbocycles. The Labute approximate surface area is 818 Å². The van der Waals surface area contributed by atoms with E-state index in [0.29, 0.717) is 70.1 Å². The van der Waals surface area contributed by atoms with Crippen molar-refractivity contribution in [1.82, 2.24) is 53.2 Å². The van der Waals surface area contributed by atoms with Crippen LogP contribution in [0, 0.1) is 5.92 Å². The van der Waals surface area contributed by atoms with Crippen LogP contribution in [-0.2, 0) is 176 Å². The lowest BCUT2D eigenvalue weighted by molar-refractivity contribution is -0.277. The first-order valence-electron chi connectivity index (χ1n) is 48.3. The Morgan fingerprint density at radius 3 is 0.750 bits per heavy atom. The van der Waals surface area contributed by atoms with Crippen molar-refractivity contribution in [2.75, 3.05) is 119 Å². The van der Waals surface area contributed by atoms with Crippen LogP contribution in [0.5, 0.6) is 0 Å². The second-order valence-electron chi connectivity index (χ2n) is 34.8. The largest absolute Gasteiger partial charge is 0.463 e. The van der Waals surface area contributed by atoms with Crippen molar-refractivity contribution in [1.29, 1.82) is 0 Å². The molecule has 10 amide bonds. The highest BCUT2D eigenvalue weighted by Gasteiger charge is 2.55. The van der Waals surface area contributed by atoms with Crippen LogP contribution in [-0.4, -0.2) is 329 Å². The molecule has 3 aliphatic rings. The number of hydrogen-bond acceptors (Lipinski definition) is 37. The molecule has 3 heterocycles. The minimum Gasteiger partial charge on any atom is -0.463 e. The van der Waals surface area contributed by atoms with Gasteiger partial charge in [0.05, 0.1) is 39.6 Å². The number of carbonyl (C=O) groups is 19. The fourth-order valence-electron chi connectivity index (χ4n) is 15.0. The highest BCUT2D eigenvalue weighted by molar-refractivity contribution is 5.80. The molecule has 3 rings (SSSR count). The zero-order valence-corrected chi connectivity index (χ0v) is 83.7. The van der Waals surface area contributed by atoms with Gasteiger partial charge in [-0.25, -0.2) is 0 Å². The minimum absolute atomic E-state index is 0.00678. The number of carbonyl (C=O) groups excluding carboxylic acids is 19. The van der Waals surface area contributed by atoms with Crippen molar-refractivity contribution in [3.8, 4) is 0 Å². The summed E-state index contributed by atoms with van der Waals surface area (Å²) in [6.07, 6.45) is -3.18. The average molecular weight is 2000 g/mol. The number of unbranched alkanes of at least 4 members (excludes halogenated alkanes) is 10. The molecule has 0 aromatic rings. The third kappa shape index (κ3) is 56.3. The topological polar surface area (TPSA) is 611 Å². The molecule has 798 valence electrons. The summed E-state index contributed by atoms with van der Waals surface area (Å²) >= 11 is 0. The van der Waals surface area contributed by atoms with Crippen LogP contribution in [0.15, 0.2) is 0 Å². The summed E-state index contributed by atoms with van der Waals surface area (Å²) in [6.45, 7) is 16.9. The molecule has 140 heavy (non-hydrogen) atoms. The van der Waals surface area contributed by atoms with Crippen LogP contribution < -0.4 is 53.2 Å². The Bertz CT molecular complexity index is 3520. The third-order valence-electron chi connectivity index (χ3n) is 21.3. The van der Waals surface area contributed by atoms with Gasteiger partial charge >= 0.3 is 53.7 Å². The minimum atomic E-state index is -1.44. The van der Waals surface area contributed by atoms with Crippen LogP contribution in [0.4, 0.5) is 0 Å². The lowest BCUT2D eigenvalue weighted by atomic mass is 9.96. The zero-order valence-electron chi connectivity index (χ0n) is 83.7. The van der Waals surface area contributed by atoms with Crippen molar-refractivity contribution < 1.29 is 176 Å². The molecule has 0 aliphatic carbocycles. The first-order valence-corrected chi connectivity index (χ1v) is 48.3. The Hall–Kier alpha value is -10.4. The highest BCUT2D eigenvalue weighted by atomic mass is 16.7. The molecule has 3 saturated heterocycles. The van der Waals surface area contributed by atoms with Crippen molar-refractivity contribution in [3.05, 3.63) is 0 Å². The van der Waals surface area contributed by atoms with Gasteiger partial charge < -0.3 is 138 Å². The summed E-state index contributed by atoms with van der Waals surface area (Å²) in [5.74, 6) is -10.0. The Balaban J connectivity index is 1.67. The Morgan fingerprint density at radius 1 is 0.264 bits per heavy atom. The molecular formula is C93H154N10O37. The van der Waals surface area contributed by atoms with Gasteiger partial charge in [-0.3, -0.25) is 91.1 Å². The van der Waals surface area contributed by atoms with E-state index in [1.807, 2.05) is 0 Å². The number of nitrogens with one attached hydrogen (secondary N) is 10. The molecule has 3 fully saturated rings. The maximum absolute atomic E-state index is 14.1. The highest BCUT2D eigenvalue weighted by Crippen LogP contribution is 2.32. The van der Waals surface area contributed by atoms with Gasteiger partial charge in [0.1, 0.15) is 61.8 Å². The fourth-order valence-corrected chi connectivity index (χ4v) is 15.0. The first-order chi connectivity index (χ1) is 66.6. The normalized spacial score (nSPS) is 21.3. The van der Waals surface area contributed by atoms with Crippen molar-refractivity contribution >= 4 is 113 Å². The smallest absolute Gasteiger partial charge is 0.303 e. The molecule has 0 saturated carbocycles. The maximum Gasteiger partial charge on any atom is 0.303 e. The number of esters is 9. The van der Waals surface area contributed by atoms with Gasteiger partial charge in [-0.15, -0.1) is 0 Å². The summed E-state index contributed by atoms with van der Waals surface area (Å²) in [7, 11) is 0. The van der Waals surface area contributed by atoms with E-state index in [2.05, 4.69) is 67.0 Å². The lowest BCUT2D eigenvalue weighted by Gasteiger charge is -2.44. The second kappa shape index (κ2) is 71.1. The van der Waals surface area contributed by atoms with Gasteiger partial charge in [0.2, 0.25) is 59.1 Å². The van der Waals surface area contributed by atoms with Crippen LogP contribution in [0.1, 0.15) is 257 Å². The standard InChI is InChI=1S/C93H154N10O37/c1-58(2)32-21-19-17-15-16-18-20-22-36-80(122)103-93(55-123-49-37-77(119)97-43-29-40-94-74(116)33-23-26-46-126-90-81(100-59(3)104)87(135-68(12)113)84(132-65(9)110)71(138-90)52-129-62(6)107,56-124-50-38-78(120)98-44-30-41-95-75(117)34-24-27-47-127-91-82(101-60(4)105)88(136-69(13)114)85(133-66(10)111)72(139-91)53-130-63(7)108)57-125-51-39-79(121)99-45-31-42-96-76(118)35-25-28-48-128-92-83(102-61(5)106)89(137-70(14)115)86(134-67(11)112)73(140-92)54-131-64(8)109/h58,71-73,81-92H,15-57H2,1-14H3,(H,94,116)(H,95,117)(H,96,118)(H,97,119)(H,98,120)(H,99,121)(H,100,104)(H,101,105)(H,102,106)(H,103,122)/t71?,72?,73?,81-,82?,83?,84-,85-,86-,87?,88?,89?,90+,91+,92+,93?/m0/s1. The lowest BCUT2D eigenvalue weighted by Crippen LogP contribution is -2.66. The molecule has 0 radical (unpaired) electrons. The van der Waals surface area contributed by atoms with Gasteiger partial charge in [-0.05, 0) is 70.1 Å². The molecular weight excluding hydrogens is 1850 g/mol. The van der Waals surface area contributed by atoms with Crippen LogP contribution in [0.25, 0.3) is 0 Å². The summed E-state index contributed by atoms with van der Waals surface area (Å²) in [6, 6.07) is -3.50. The van der Waals surface area contributed by atoms with E-state index in [1.165, 1.54) is 33.6 Å². The summed E-state index contributed by atoms with van der Waals surface area (Å²) < 4.78 is 103. The maximum atomic E-state index is 14.1. The number of hydrogen-bond donors (Lipinski definition) is 10. The molecule has 15 atom stereocenters. The van der Waals surface area contributed by atoms with Crippen LogP contribution in [0.3, 0.4) is 0 Å². The summed E-state index contributed by atoms with van der Waals surface area (Å²) in [4.78, 5) is 238. The molecule has 3 aliphatic heterocycles. The molecule has 47 heteroatoms. The molecule has 47 nitrogen and oxygen atoms in total. The molecule has 10 N–H and O–H groups in total. The van der Waals surface area contributed by atoms with Crippen LogP contribution in [0.2, 0.25) is 0 Å². The van der Waals surface area contributed by atoms with Gasteiger partial charge in [0, 0.05) is 187 Å².